The number of anilines is 1. The van der Waals surface area contributed by atoms with E-state index in [1.807, 2.05) is 0 Å². The summed E-state index contributed by atoms with van der Waals surface area (Å²) in [5.74, 6) is -1.95. The Kier molecular flexibility index (Phi) is 4.24. The minimum absolute atomic E-state index is 0.0508. The smallest absolute Gasteiger partial charge is 0.338 e. The molecule has 0 spiro atoms. The zero-order chi connectivity index (χ0) is 15.7. The number of aryl methyl sites for hydroxylation is 1. The molecule has 0 saturated carbocycles. The molecule has 1 aromatic rings. The molecule has 7 heteroatoms. The number of carbonyl (C=O) groups is 2. The highest BCUT2D eigenvalue weighted by Gasteiger charge is 2.38. The van der Waals surface area contributed by atoms with Gasteiger partial charge in [0.25, 0.3) is 0 Å². The fourth-order valence-corrected chi connectivity index (χ4v) is 1.88. The molecule has 0 bridgehead atoms. The molecule has 0 aliphatic carbocycles. The summed E-state index contributed by atoms with van der Waals surface area (Å²) in [6.45, 7) is 4.14. The van der Waals surface area contributed by atoms with Crippen molar-refractivity contribution in [2.24, 2.45) is 0 Å². The Hall–Kier alpha value is -1.89. The summed E-state index contributed by atoms with van der Waals surface area (Å²) in [7, 11) is -3.62. The van der Waals surface area contributed by atoms with E-state index in [2.05, 4.69) is 5.32 Å². The number of hydrogen-bond donors (Lipinski definition) is 2. The first-order valence-electron chi connectivity index (χ1n) is 5.82. The highest BCUT2D eigenvalue weighted by molar-refractivity contribution is 7.92. The second-order valence-corrected chi connectivity index (χ2v) is 7.60. The number of benzene rings is 1. The number of nitrogens with one attached hydrogen (secondary N) is 1. The van der Waals surface area contributed by atoms with Crippen molar-refractivity contribution in [3.8, 4) is 0 Å². The van der Waals surface area contributed by atoms with Gasteiger partial charge in [-0.25, -0.2) is 13.2 Å². The molecule has 1 rings (SSSR count). The van der Waals surface area contributed by atoms with E-state index in [9.17, 15) is 18.0 Å². The Bertz CT molecular complexity index is 661. The number of carboxylic acids is 1. The summed E-state index contributed by atoms with van der Waals surface area (Å²) in [4.78, 5) is 23.3. The van der Waals surface area contributed by atoms with Crippen molar-refractivity contribution in [3.05, 3.63) is 29.3 Å². The Morgan fingerprint density at radius 2 is 1.80 bits per heavy atom. The predicted molar refractivity (Wildman–Crippen MR) is 75.7 cm³/mol. The van der Waals surface area contributed by atoms with E-state index >= 15 is 0 Å². The maximum absolute atomic E-state index is 12.1. The number of amides is 1. The summed E-state index contributed by atoms with van der Waals surface area (Å²) in [6, 6.07) is 4.61. The van der Waals surface area contributed by atoms with Crippen LogP contribution in [0.1, 0.15) is 29.8 Å². The predicted octanol–water partition coefficient (Wildman–Crippen LogP) is 1.45. The van der Waals surface area contributed by atoms with Crippen LogP contribution in [-0.4, -0.2) is 36.4 Å². The molecular formula is C13H17NO5S. The molecule has 0 radical (unpaired) electrons. The van der Waals surface area contributed by atoms with E-state index in [4.69, 9.17) is 5.11 Å². The van der Waals surface area contributed by atoms with Gasteiger partial charge >= 0.3 is 5.97 Å². The van der Waals surface area contributed by atoms with Gasteiger partial charge in [-0.2, -0.15) is 0 Å². The van der Waals surface area contributed by atoms with Crippen molar-refractivity contribution in [1.82, 2.24) is 0 Å². The minimum Gasteiger partial charge on any atom is -0.478 e. The molecule has 0 heterocycles. The molecule has 6 nitrogen and oxygen atoms in total. The highest BCUT2D eigenvalue weighted by atomic mass is 32.2. The third kappa shape index (κ3) is 2.98. The quantitative estimate of drug-likeness (QED) is 0.876. The van der Waals surface area contributed by atoms with Crippen molar-refractivity contribution >= 4 is 27.4 Å². The molecule has 0 aliphatic heterocycles. The molecule has 2 N–H and O–H groups in total. The third-order valence-corrected chi connectivity index (χ3v) is 5.25. The van der Waals surface area contributed by atoms with E-state index in [1.165, 1.54) is 19.9 Å². The zero-order valence-electron chi connectivity index (χ0n) is 11.7. The van der Waals surface area contributed by atoms with Gasteiger partial charge in [0.15, 0.2) is 9.84 Å². The molecule has 0 fully saturated rings. The average molecular weight is 299 g/mol. The average Bonchev–Trinajstić information content (AvgIpc) is 2.26. The van der Waals surface area contributed by atoms with Crippen LogP contribution < -0.4 is 5.32 Å². The van der Waals surface area contributed by atoms with Gasteiger partial charge in [-0.05, 0) is 32.4 Å². The second-order valence-electron chi connectivity index (χ2n) is 5.04. The van der Waals surface area contributed by atoms with Crippen molar-refractivity contribution in [3.63, 3.8) is 0 Å². The number of carbonyl (C=O) groups excluding carboxylic acids is 1. The first-order valence-corrected chi connectivity index (χ1v) is 7.71. The van der Waals surface area contributed by atoms with Gasteiger partial charge in [-0.1, -0.05) is 12.1 Å². The molecule has 1 amide bonds. The number of carboxylic acid groups (broad SMARTS) is 1. The van der Waals surface area contributed by atoms with Gasteiger partial charge < -0.3 is 10.4 Å². The largest absolute Gasteiger partial charge is 0.478 e. The summed E-state index contributed by atoms with van der Waals surface area (Å²) < 4.78 is 21.5. The van der Waals surface area contributed by atoms with Crippen molar-refractivity contribution in [1.29, 1.82) is 0 Å². The first kappa shape index (κ1) is 16.2. The van der Waals surface area contributed by atoms with Crippen LogP contribution in [0.25, 0.3) is 0 Å². The van der Waals surface area contributed by atoms with Crippen molar-refractivity contribution in [2.75, 3.05) is 11.6 Å². The number of sulfone groups is 1. The van der Waals surface area contributed by atoms with Gasteiger partial charge in [0.2, 0.25) is 5.91 Å². The lowest BCUT2D eigenvalue weighted by Crippen LogP contribution is -2.44. The maximum Gasteiger partial charge on any atom is 0.338 e. The summed E-state index contributed by atoms with van der Waals surface area (Å²) in [6.07, 6.45) is 0.959. The lowest BCUT2D eigenvalue weighted by molar-refractivity contribution is -0.117. The number of hydrogen-bond acceptors (Lipinski definition) is 4. The van der Waals surface area contributed by atoms with Gasteiger partial charge in [0, 0.05) is 6.26 Å². The highest BCUT2D eigenvalue weighted by Crippen LogP contribution is 2.23. The maximum atomic E-state index is 12.1. The topological polar surface area (TPSA) is 101 Å². The SMILES string of the molecule is Cc1cccc(NC(=O)C(C)(C)S(C)(=O)=O)c1C(=O)O. The number of aromatic carboxylic acids is 1. The Morgan fingerprint density at radius 1 is 1.25 bits per heavy atom. The fraction of sp³-hybridized carbons (Fsp3) is 0.385. The van der Waals surface area contributed by atoms with Crippen LogP contribution in [-0.2, 0) is 14.6 Å². The van der Waals surface area contributed by atoms with Crippen LogP contribution in [0.4, 0.5) is 5.69 Å². The standard InChI is InChI=1S/C13H17NO5S/c1-8-6-5-7-9(10(8)11(15)16)14-12(17)13(2,3)20(4,18)19/h5-7H,1-4H3,(H,14,17)(H,15,16). The van der Waals surface area contributed by atoms with Crippen molar-refractivity contribution < 1.29 is 23.1 Å². The van der Waals surface area contributed by atoms with Gasteiger partial charge in [-0.15, -0.1) is 0 Å². The molecule has 0 aromatic heterocycles. The molecule has 110 valence electrons. The van der Waals surface area contributed by atoms with E-state index in [-0.39, 0.29) is 11.3 Å². The molecule has 20 heavy (non-hydrogen) atoms. The van der Waals surface area contributed by atoms with E-state index in [0.717, 1.165) is 6.26 Å². The van der Waals surface area contributed by atoms with Crippen LogP contribution >= 0.6 is 0 Å². The Labute approximate surface area is 117 Å². The first-order chi connectivity index (χ1) is 8.98. The summed E-state index contributed by atoms with van der Waals surface area (Å²) in [5, 5.41) is 11.5. The van der Waals surface area contributed by atoms with Crippen LogP contribution in [0.3, 0.4) is 0 Å². The molecule has 0 atom stereocenters. The zero-order valence-corrected chi connectivity index (χ0v) is 12.5. The van der Waals surface area contributed by atoms with Crippen LogP contribution in [0.2, 0.25) is 0 Å². The van der Waals surface area contributed by atoms with Crippen LogP contribution in [0.5, 0.6) is 0 Å². The minimum atomic E-state index is -3.62. The molecule has 1 aromatic carbocycles. The van der Waals surface area contributed by atoms with Gasteiger partial charge in [-0.3, -0.25) is 4.79 Å². The van der Waals surface area contributed by atoms with Crippen LogP contribution in [0, 0.1) is 6.92 Å². The van der Waals surface area contributed by atoms with Crippen molar-refractivity contribution in [2.45, 2.75) is 25.5 Å². The second kappa shape index (κ2) is 5.24. The molecule has 0 aliphatic rings. The normalized spacial score (nSPS) is 12.0. The lowest BCUT2D eigenvalue weighted by Gasteiger charge is -2.22. The third-order valence-electron chi connectivity index (χ3n) is 3.21. The van der Waals surface area contributed by atoms with E-state index in [0.29, 0.717) is 5.56 Å². The lowest BCUT2D eigenvalue weighted by atomic mass is 10.1. The van der Waals surface area contributed by atoms with Crippen LogP contribution in [0.15, 0.2) is 18.2 Å². The van der Waals surface area contributed by atoms with E-state index in [1.54, 1.807) is 19.1 Å². The number of rotatable bonds is 4. The summed E-state index contributed by atoms with van der Waals surface area (Å²) in [5.41, 5.74) is 0.511. The molecule has 0 saturated heterocycles. The van der Waals surface area contributed by atoms with Gasteiger partial charge in [0.1, 0.15) is 4.75 Å². The van der Waals surface area contributed by atoms with Gasteiger partial charge in [0.05, 0.1) is 11.3 Å². The molecule has 0 unspecified atom stereocenters. The fourth-order valence-electron chi connectivity index (χ4n) is 1.50. The molecular weight excluding hydrogens is 282 g/mol. The monoisotopic (exact) mass is 299 g/mol. The Morgan fingerprint density at radius 3 is 2.25 bits per heavy atom. The van der Waals surface area contributed by atoms with E-state index < -0.39 is 26.5 Å². The summed E-state index contributed by atoms with van der Waals surface area (Å²) >= 11 is 0. The Balaban J connectivity index is 3.22.